The van der Waals surface area contributed by atoms with E-state index in [9.17, 15) is 4.79 Å². The minimum Gasteiger partial charge on any atom is -0.394 e. The second-order valence-corrected chi connectivity index (χ2v) is 6.53. The van der Waals surface area contributed by atoms with Gasteiger partial charge in [0, 0.05) is 35.7 Å². The molecule has 1 aromatic heterocycles. The summed E-state index contributed by atoms with van der Waals surface area (Å²) in [5.41, 5.74) is 4.92. The number of fused-ring (bicyclic) bond motifs is 2. The van der Waals surface area contributed by atoms with Crippen LogP contribution in [-0.2, 0) is 11.2 Å². The van der Waals surface area contributed by atoms with E-state index in [0.29, 0.717) is 6.54 Å². The highest BCUT2D eigenvalue weighted by atomic mass is 16.3. The average Bonchev–Trinajstić information content (AvgIpc) is 2.99. The van der Waals surface area contributed by atoms with Crippen LogP contribution in [-0.4, -0.2) is 41.2 Å². The number of aromatic amines is 1. The molecule has 4 N–H and O–H groups in total. The molecule has 5 heteroatoms. The Labute approximate surface area is 134 Å². The van der Waals surface area contributed by atoms with Crippen molar-refractivity contribution in [1.82, 2.24) is 15.6 Å². The van der Waals surface area contributed by atoms with Gasteiger partial charge in [-0.1, -0.05) is 18.2 Å². The summed E-state index contributed by atoms with van der Waals surface area (Å²) in [4.78, 5) is 15.7. The van der Waals surface area contributed by atoms with Crippen LogP contribution in [0.15, 0.2) is 30.5 Å². The summed E-state index contributed by atoms with van der Waals surface area (Å²) in [5, 5.41) is 16.8. The molecule has 0 saturated carbocycles. The number of hydrogen-bond acceptors (Lipinski definition) is 3. The molecule has 3 atom stereocenters. The van der Waals surface area contributed by atoms with E-state index in [0.717, 1.165) is 11.9 Å². The standard InChI is InChI=1S/C18H21N3O2/c1-10(9-22)21-18(23)12-5-14-13-3-2-4-15-17(13)11(7-19-15)6-16(14)20-8-12/h2-5,7,10,12,16,19-20,22H,6,8-9H2,1H3,(H,21,23). The van der Waals surface area contributed by atoms with Crippen LogP contribution in [0.1, 0.15) is 18.1 Å². The van der Waals surface area contributed by atoms with Crippen molar-refractivity contribution in [3.8, 4) is 0 Å². The number of aliphatic hydroxyl groups excluding tert-OH is 1. The van der Waals surface area contributed by atoms with Gasteiger partial charge in [-0.05, 0) is 36.1 Å². The molecule has 120 valence electrons. The fraction of sp³-hybridized carbons (Fsp3) is 0.389. The Balaban J connectivity index is 1.71. The third kappa shape index (κ3) is 2.36. The number of carbonyl (C=O) groups excluding carboxylic acids is 1. The van der Waals surface area contributed by atoms with Gasteiger partial charge in [-0.3, -0.25) is 4.79 Å². The van der Waals surface area contributed by atoms with Crippen LogP contribution in [0, 0.1) is 5.92 Å². The van der Waals surface area contributed by atoms with E-state index in [4.69, 9.17) is 5.11 Å². The van der Waals surface area contributed by atoms with E-state index < -0.39 is 0 Å². The monoisotopic (exact) mass is 311 g/mol. The molecule has 1 aliphatic heterocycles. The molecule has 4 rings (SSSR count). The first kappa shape index (κ1) is 14.5. The van der Waals surface area contributed by atoms with Crippen molar-refractivity contribution in [2.45, 2.75) is 25.4 Å². The molecule has 1 amide bonds. The lowest BCUT2D eigenvalue weighted by Crippen LogP contribution is -2.47. The number of amides is 1. The highest BCUT2D eigenvalue weighted by Gasteiger charge is 2.32. The average molecular weight is 311 g/mol. The largest absolute Gasteiger partial charge is 0.394 e. The van der Waals surface area contributed by atoms with Crippen LogP contribution < -0.4 is 10.6 Å². The van der Waals surface area contributed by atoms with Gasteiger partial charge in [0.15, 0.2) is 0 Å². The minimum atomic E-state index is -0.218. The maximum atomic E-state index is 12.4. The summed E-state index contributed by atoms with van der Waals surface area (Å²) in [6.45, 7) is 2.39. The van der Waals surface area contributed by atoms with Crippen LogP contribution in [0.5, 0.6) is 0 Å². The summed E-state index contributed by atoms with van der Waals surface area (Å²) in [7, 11) is 0. The predicted molar refractivity (Wildman–Crippen MR) is 90.0 cm³/mol. The first-order valence-corrected chi connectivity index (χ1v) is 8.13. The molecule has 0 saturated heterocycles. The number of aromatic nitrogens is 1. The van der Waals surface area contributed by atoms with Crippen molar-refractivity contribution in [3.63, 3.8) is 0 Å². The minimum absolute atomic E-state index is 0.0305. The number of nitrogens with one attached hydrogen (secondary N) is 3. The quantitative estimate of drug-likeness (QED) is 0.688. The van der Waals surface area contributed by atoms with Gasteiger partial charge in [-0.2, -0.15) is 0 Å². The molecule has 0 bridgehead atoms. The first-order chi connectivity index (χ1) is 11.2. The zero-order valence-corrected chi connectivity index (χ0v) is 13.1. The Morgan fingerprint density at radius 3 is 3.17 bits per heavy atom. The van der Waals surface area contributed by atoms with E-state index in [2.05, 4.69) is 46.1 Å². The normalized spacial score (nSPS) is 24.0. The smallest absolute Gasteiger partial charge is 0.228 e. The van der Waals surface area contributed by atoms with E-state index in [-0.39, 0.29) is 30.5 Å². The molecule has 0 spiro atoms. The van der Waals surface area contributed by atoms with E-state index in [1.54, 1.807) is 6.92 Å². The molecule has 1 aromatic carbocycles. The fourth-order valence-corrected chi connectivity index (χ4v) is 3.67. The molecule has 0 fully saturated rings. The van der Waals surface area contributed by atoms with Crippen LogP contribution in [0.25, 0.3) is 16.5 Å². The van der Waals surface area contributed by atoms with E-state index in [1.165, 1.54) is 22.1 Å². The molecule has 2 heterocycles. The zero-order valence-electron chi connectivity index (χ0n) is 13.1. The van der Waals surface area contributed by atoms with Gasteiger partial charge in [0.2, 0.25) is 5.91 Å². The van der Waals surface area contributed by atoms with Crippen LogP contribution >= 0.6 is 0 Å². The highest BCUT2D eigenvalue weighted by Crippen LogP contribution is 2.38. The SMILES string of the molecule is CC(CO)NC(=O)C1C=C2c3cccc4[nH]cc(c34)CC2NC1. The van der Waals surface area contributed by atoms with Crippen molar-refractivity contribution in [1.29, 1.82) is 0 Å². The Hall–Kier alpha value is -2.11. The topological polar surface area (TPSA) is 77.2 Å². The van der Waals surface area contributed by atoms with Crippen molar-refractivity contribution in [2.24, 2.45) is 5.92 Å². The summed E-state index contributed by atoms with van der Waals surface area (Å²) in [5.74, 6) is -0.233. The molecular formula is C18H21N3O2. The van der Waals surface area contributed by atoms with E-state index >= 15 is 0 Å². The number of carbonyl (C=O) groups is 1. The molecule has 0 radical (unpaired) electrons. The van der Waals surface area contributed by atoms with Crippen LogP contribution in [0.2, 0.25) is 0 Å². The van der Waals surface area contributed by atoms with Crippen LogP contribution in [0.3, 0.4) is 0 Å². The summed E-state index contributed by atoms with van der Waals surface area (Å²) < 4.78 is 0. The Morgan fingerprint density at radius 2 is 2.35 bits per heavy atom. The zero-order chi connectivity index (χ0) is 16.0. The molecule has 23 heavy (non-hydrogen) atoms. The predicted octanol–water partition coefficient (Wildman–Crippen LogP) is 1.19. The summed E-state index contributed by atoms with van der Waals surface area (Å²) >= 11 is 0. The lowest BCUT2D eigenvalue weighted by molar-refractivity contribution is -0.124. The second kappa shape index (κ2) is 5.51. The number of aliphatic hydroxyl groups is 1. The maximum Gasteiger partial charge on any atom is 0.228 e. The van der Waals surface area contributed by atoms with Crippen molar-refractivity contribution in [2.75, 3.05) is 13.2 Å². The van der Waals surface area contributed by atoms with Gasteiger partial charge >= 0.3 is 0 Å². The Kier molecular flexibility index (Phi) is 3.47. The lowest BCUT2D eigenvalue weighted by Gasteiger charge is -2.33. The maximum absolute atomic E-state index is 12.4. The number of H-pyrrole nitrogens is 1. The third-order valence-electron chi connectivity index (χ3n) is 4.86. The number of hydrogen-bond donors (Lipinski definition) is 4. The molecule has 1 aliphatic carbocycles. The lowest BCUT2D eigenvalue weighted by atomic mass is 9.80. The third-order valence-corrected chi connectivity index (χ3v) is 4.86. The number of benzene rings is 1. The molecule has 2 aliphatic rings. The van der Waals surface area contributed by atoms with Gasteiger partial charge in [0.1, 0.15) is 0 Å². The number of rotatable bonds is 3. The Bertz CT molecular complexity index is 793. The van der Waals surface area contributed by atoms with Crippen molar-refractivity contribution in [3.05, 3.63) is 41.6 Å². The van der Waals surface area contributed by atoms with Crippen molar-refractivity contribution >= 4 is 22.4 Å². The highest BCUT2D eigenvalue weighted by molar-refractivity contribution is 5.99. The first-order valence-electron chi connectivity index (χ1n) is 8.13. The Morgan fingerprint density at radius 1 is 1.48 bits per heavy atom. The molecule has 5 nitrogen and oxygen atoms in total. The molecular weight excluding hydrogens is 290 g/mol. The van der Waals surface area contributed by atoms with Gasteiger partial charge in [-0.25, -0.2) is 0 Å². The summed E-state index contributed by atoms with van der Waals surface area (Å²) in [6.07, 6.45) is 5.14. The van der Waals surface area contributed by atoms with Gasteiger partial charge < -0.3 is 20.7 Å². The van der Waals surface area contributed by atoms with Gasteiger partial charge in [0.05, 0.1) is 12.5 Å². The fourth-order valence-electron chi connectivity index (χ4n) is 3.67. The van der Waals surface area contributed by atoms with E-state index in [1.807, 2.05) is 0 Å². The second-order valence-electron chi connectivity index (χ2n) is 6.53. The van der Waals surface area contributed by atoms with Crippen LogP contribution in [0.4, 0.5) is 0 Å². The molecule has 3 unspecified atom stereocenters. The van der Waals surface area contributed by atoms with Crippen molar-refractivity contribution < 1.29 is 9.90 Å². The van der Waals surface area contributed by atoms with Gasteiger partial charge in [-0.15, -0.1) is 0 Å². The summed E-state index contributed by atoms with van der Waals surface area (Å²) in [6, 6.07) is 6.33. The van der Waals surface area contributed by atoms with Gasteiger partial charge in [0.25, 0.3) is 0 Å². The molecule has 2 aromatic rings.